The number of anilines is 1. The van der Waals surface area contributed by atoms with Crippen LogP contribution in [0.3, 0.4) is 0 Å². The minimum Gasteiger partial charge on any atom is -0.429 e. The maximum atomic E-state index is 5.55. The summed E-state index contributed by atoms with van der Waals surface area (Å²) in [5.74, 6) is 0.787. The van der Waals surface area contributed by atoms with Crippen LogP contribution >= 0.6 is 0 Å². The summed E-state index contributed by atoms with van der Waals surface area (Å²) in [5.41, 5.74) is 10.4. The highest BCUT2D eigenvalue weighted by molar-refractivity contribution is 5.64. The molecule has 1 aliphatic carbocycles. The lowest BCUT2D eigenvalue weighted by atomic mass is 10.0. The van der Waals surface area contributed by atoms with Crippen LogP contribution in [0.25, 0.3) is 11.3 Å². The van der Waals surface area contributed by atoms with E-state index in [4.69, 9.17) is 10.2 Å². The van der Waals surface area contributed by atoms with Crippen LogP contribution in [0.2, 0.25) is 0 Å². The molecule has 2 aromatic rings. The Morgan fingerprint density at radius 2 is 2.06 bits per heavy atom. The Morgan fingerprint density at radius 1 is 1.25 bits per heavy atom. The number of nitrogens with zero attached hydrogens (tertiary/aromatic N) is 1. The third-order valence-corrected chi connectivity index (χ3v) is 3.19. The van der Waals surface area contributed by atoms with Gasteiger partial charge in [0.15, 0.2) is 0 Å². The Hall–Kier alpha value is -1.77. The van der Waals surface area contributed by atoms with E-state index in [-0.39, 0.29) is 6.01 Å². The molecule has 3 rings (SSSR count). The van der Waals surface area contributed by atoms with Crippen molar-refractivity contribution in [1.82, 2.24) is 4.98 Å². The highest BCUT2D eigenvalue weighted by Crippen LogP contribution is 2.29. The second kappa shape index (κ2) is 3.37. The molecule has 2 N–H and O–H groups in total. The zero-order chi connectivity index (χ0) is 11.1. The average Bonchev–Trinajstić information content (AvgIpc) is 2.83. The summed E-state index contributed by atoms with van der Waals surface area (Å²) in [5, 5.41) is 0. The topological polar surface area (TPSA) is 52.0 Å². The van der Waals surface area contributed by atoms with Gasteiger partial charge in [0.2, 0.25) is 0 Å². The number of hydrogen-bond donors (Lipinski definition) is 1. The molecule has 1 aliphatic rings. The summed E-state index contributed by atoms with van der Waals surface area (Å²) in [6.07, 6.45) is 3.64. The second-order valence-corrected chi connectivity index (χ2v) is 4.29. The van der Waals surface area contributed by atoms with Crippen molar-refractivity contribution in [2.45, 2.75) is 26.2 Å². The number of rotatable bonds is 1. The Bertz CT molecular complexity index is 543. The summed E-state index contributed by atoms with van der Waals surface area (Å²) >= 11 is 0. The molecule has 3 heteroatoms. The van der Waals surface area contributed by atoms with Crippen molar-refractivity contribution in [3.63, 3.8) is 0 Å². The van der Waals surface area contributed by atoms with Gasteiger partial charge in [-0.05, 0) is 43.4 Å². The molecule has 16 heavy (non-hydrogen) atoms. The van der Waals surface area contributed by atoms with E-state index in [9.17, 15) is 0 Å². The van der Waals surface area contributed by atoms with Gasteiger partial charge in [0.25, 0.3) is 6.01 Å². The van der Waals surface area contributed by atoms with Gasteiger partial charge in [-0.1, -0.05) is 12.1 Å². The lowest BCUT2D eigenvalue weighted by Crippen LogP contribution is -1.87. The van der Waals surface area contributed by atoms with E-state index in [0.29, 0.717) is 0 Å². The molecular weight excluding hydrogens is 200 g/mol. The van der Waals surface area contributed by atoms with Gasteiger partial charge in [-0.25, -0.2) is 0 Å². The first-order valence-electron chi connectivity index (χ1n) is 5.59. The fourth-order valence-corrected chi connectivity index (χ4v) is 2.40. The van der Waals surface area contributed by atoms with Crippen molar-refractivity contribution in [1.29, 1.82) is 0 Å². The Kier molecular flexibility index (Phi) is 1.99. The van der Waals surface area contributed by atoms with Crippen LogP contribution in [0.15, 0.2) is 22.6 Å². The van der Waals surface area contributed by atoms with Crippen molar-refractivity contribution >= 4 is 6.01 Å². The first-order valence-corrected chi connectivity index (χ1v) is 5.59. The van der Waals surface area contributed by atoms with Gasteiger partial charge >= 0.3 is 0 Å². The van der Waals surface area contributed by atoms with Gasteiger partial charge in [-0.3, -0.25) is 0 Å². The Morgan fingerprint density at radius 3 is 2.81 bits per heavy atom. The normalized spacial score (nSPS) is 14.1. The van der Waals surface area contributed by atoms with E-state index in [2.05, 4.69) is 23.2 Å². The van der Waals surface area contributed by atoms with Crippen LogP contribution in [0.5, 0.6) is 0 Å². The average molecular weight is 214 g/mol. The van der Waals surface area contributed by atoms with Crippen molar-refractivity contribution in [2.24, 2.45) is 0 Å². The molecule has 0 aliphatic heterocycles. The smallest absolute Gasteiger partial charge is 0.292 e. The van der Waals surface area contributed by atoms with Gasteiger partial charge in [0, 0.05) is 5.56 Å². The molecule has 0 fully saturated rings. The molecule has 1 aromatic carbocycles. The standard InChI is InChI=1S/C13H14N2O/c1-8-12(15-13(14)16-8)11-6-5-9-3-2-4-10(9)7-11/h5-7H,2-4H2,1H3,(H2,14,15). The monoisotopic (exact) mass is 214 g/mol. The fourth-order valence-electron chi connectivity index (χ4n) is 2.40. The molecule has 0 atom stereocenters. The van der Waals surface area contributed by atoms with Crippen LogP contribution in [-0.4, -0.2) is 4.98 Å². The number of oxazole rings is 1. The maximum absolute atomic E-state index is 5.55. The van der Waals surface area contributed by atoms with E-state index in [1.807, 2.05) is 6.92 Å². The predicted molar refractivity (Wildman–Crippen MR) is 63.1 cm³/mol. The largest absolute Gasteiger partial charge is 0.429 e. The molecular formula is C13H14N2O. The number of nitrogen functional groups attached to an aromatic ring is 1. The molecule has 0 radical (unpaired) electrons. The number of aryl methyl sites for hydroxylation is 3. The Balaban J connectivity index is 2.10. The van der Waals surface area contributed by atoms with Crippen LogP contribution in [0.1, 0.15) is 23.3 Å². The highest BCUT2D eigenvalue weighted by Gasteiger charge is 2.14. The molecule has 0 bridgehead atoms. The van der Waals surface area contributed by atoms with Crippen molar-refractivity contribution in [3.05, 3.63) is 35.1 Å². The second-order valence-electron chi connectivity index (χ2n) is 4.29. The summed E-state index contributed by atoms with van der Waals surface area (Å²) in [6, 6.07) is 6.76. The number of hydrogen-bond acceptors (Lipinski definition) is 3. The van der Waals surface area contributed by atoms with Crippen LogP contribution in [0.4, 0.5) is 6.01 Å². The van der Waals surface area contributed by atoms with E-state index in [1.54, 1.807) is 0 Å². The third-order valence-electron chi connectivity index (χ3n) is 3.19. The summed E-state index contributed by atoms with van der Waals surface area (Å²) < 4.78 is 5.25. The quantitative estimate of drug-likeness (QED) is 0.794. The fraction of sp³-hybridized carbons (Fsp3) is 0.308. The van der Waals surface area contributed by atoms with Gasteiger partial charge < -0.3 is 10.2 Å². The molecule has 1 heterocycles. The zero-order valence-corrected chi connectivity index (χ0v) is 9.29. The van der Waals surface area contributed by atoms with E-state index >= 15 is 0 Å². The van der Waals surface area contributed by atoms with Gasteiger partial charge in [0.1, 0.15) is 11.5 Å². The van der Waals surface area contributed by atoms with E-state index in [1.165, 1.54) is 30.4 Å². The van der Waals surface area contributed by atoms with E-state index < -0.39 is 0 Å². The lowest BCUT2D eigenvalue weighted by molar-refractivity contribution is 0.549. The van der Waals surface area contributed by atoms with Gasteiger partial charge in [0.05, 0.1) is 0 Å². The highest BCUT2D eigenvalue weighted by atomic mass is 16.4. The van der Waals surface area contributed by atoms with Crippen LogP contribution < -0.4 is 5.73 Å². The van der Waals surface area contributed by atoms with E-state index in [0.717, 1.165) is 17.0 Å². The first kappa shape index (κ1) is 9.46. The molecule has 82 valence electrons. The zero-order valence-electron chi connectivity index (χ0n) is 9.29. The lowest BCUT2D eigenvalue weighted by Gasteiger charge is -2.02. The molecule has 0 saturated carbocycles. The molecule has 0 spiro atoms. The summed E-state index contributed by atoms with van der Waals surface area (Å²) in [6.45, 7) is 1.89. The number of aromatic nitrogens is 1. The first-order chi connectivity index (χ1) is 7.74. The maximum Gasteiger partial charge on any atom is 0.292 e. The molecule has 0 amide bonds. The van der Waals surface area contributed by atoms with Gasteiger partial charge in [-0.15, -0.1) is 0 Å². The Labute approximate surface area is 94.3 Å². The minimum atomic E-state index is 0.244. The third kappa shape index (κ3) is 1.40. The predicted octanol–water partition coefficient (Wildman–Crippen LogP) is 2.72. The van der Waals surface area contributed by atoms with Gasteiger partial charge in [-0.2, -0.15) is 4.98 Å². The van der Waals surface area contributed by atoms with Crippen LogP contribution in [0, 0.1) is 6.92 Å². The summed E-state index contributed by atoms with van der Waals surface area (Å²) in [4.78, 5) is 4.22. The number of fused-ring (bicyclic) bond motifs is 1. The number of benzene rings is 1. The number of nitrogens with two attached hydrogens (primary N) is 1. The summed E-state index contributed by atoms with van der Waals surface area (Å²) in [7, 11) is 0. The molecule has 0 saturated heterocycles. The molecule has 0 unspecified atom stereocenters. The SMILES string of the molecule is Cc1oc(N)nc1-c1ccc2c(c1)CCC2. The van der Waals surface area contributed by atoms with Crippen molar-refractivity contribution < 1.29 is 4.42 Å². The molecule has 3 nitrogen and oxygen atoms in total. The van der Waals surface area contributed by atoms with Crippen LogP contribution in [-0.2, 0) is 12.8 Å². The van der Waals surface area contributed by atoms with Crippen molar-refractivity contribution in [3.8, 4) is 11.3 Å². The van der Waals surface area contributed by atoms with Crippen molar-refractivity contribution in [2.75, 3.05) is 5.73 Å². The molecule has 1 aromatic heterocycles. The minimum absolute atomic E-state index is 0.244.